The molecule has 6 atom stereocenters. The Balaban J connectivity index is 2.27. The van der Waals surface area contributed by atoms with Gasteiger partial charge in [0, 0.05) is 7.11 Å². The molecule has 0 aliphatic heterocycles. The highest BCUT2D eigenvalue weighted by Crippen LogP contribution is 2.38. The summed E-state index contributed by atoms with van der Waals surface area (Å²) < 4.78 is 188. The number of hydrogen-bond acceptors (Lipinski definition) is 23. The van der Waals surface area contributed by atoms with Gasteiger partial charge in [-0.15, -0.1) is 0 Å². The first kappa shape index (κ1) is 62.2. The van der Waals surface area contributed by atoms with Gasteiger partial charge in [0.2, 0.25) is 0 Å². The average molecular weight is 1060 g/mol. The van der Waals surface area contributed by atoms with E-state index in [1.807, 2.05) is 0 Å². The Kier molecular flexibility index (Phi) is 38.9. The van der Waals surface area contributed by atoms with Crippen LogP contribution in [0.3, 0.4) is 0 Å². The van der Waals surface area contributed by atoms with Gasteiger partial charge in [-0.3, -0.25) is 9.11 Å². The molecule has 64 heavy (non-hydrogen) atoms. The lowest BCUT2D eigenvalue weighted by Gasteiger charge is -2.45. The van der Waals surface area contributed by atoms with Crippen molar-refractivity contribution in [3.05, 3.63) is 0 Å². The zero-order chi connectivity index (χ0) is 47.3. The molecule has 0 aromatic carbocycles. The van der Waals surface area contributed by atoms with Crippen molar-refractivity contribution >= 4 is 57.2 Å². The zero-order valence-electron chi connectivity index (χ0n) is 34.7. The van der Waals surface area contributed by atoms with E-state index in [1.165, 1.54) is 0 Å². The molecule has 1 saturated carbocycles. The quantitative estimate of drug-likeness (QED) is 0.0137. The van der Waals surface area contributed by atoms with Gasteiger partial charge < -0.3 is 84.1 Å². The Hall–Kier alpha value is 0.200. The van der Waals surface area contributed by atoms with E-state index in [9.17, 15) is 44.2 Å². The predicted molar refractivity (Wildman–Crippen MR) is 220 cm³/mol. The van der Waals surface area contributed by atoms with Crippen molar-refractivity contribution in [2.24, 2.45) is 0 Å². The van der Waals surface area contributed by atoms with Crippen LogP contribution in [0.15, 0.2) is 0 Å². The van der Waals surface area contributed by atoms with E-state index >= 15 is 0 Å². The highest BCUT2D eigenvalue weighted by atomic mass is 32.5. The van der Waals surface area contributed by atoms with Crippen LogP contribution < -0.4 is 0 Å². The van der Waals surface area contributed by atoms with Crippen LogP contribution in [0.2, 0.25) is 0 Å². The van der Waals surface area contributed by atoms with Gasteiger partial charge in [-0.05, 0) is 0 Å². The molecule has 0 heterocycles. The van der Waals surface area contributed by atoms with Crippen molar-refractivity contribution in [1.82, 2.24) is 0 Å². The van der Waals surface area contributed by atoms with E-state index in [4.69, 9.17) is 71.1 Å². The van der Waals surface area contributed by atoms with Crippen molar-refractivity contribution < 1.29 is 134 Å². The Bertz CT molecular complexity index is 1350. The minimum Gasteiger partial charge on any atom is -0.382 e. The highest BCUT2D eigenvalue weighted by molar-refractivity contribution is 8.12. The maximum absolute atomic E-state index is 11.8. The maximum Gasteiger partial charge on any atom is 0.397 e. The second-order valence-corrected chi connectivity index (χ2v) is 18.5. The molecule has 7 N–H and O–H groups in total. The first-order valence-electron chi connectivity index (χ1n) is 18.8. The normalized spacial score (nSPS) is 21.0. The molecule has 0 spiro atoms. The van der Waals surface area contributed by atoms with Gasteiger partial charge in [0.1, 0.15) is 67.0 Å². The summed E-state index contributed by atoms with van der Waals surface area (Å²) >= 11 is 0. The Morgan fingerprint density at radius 1 is 0.406 bits per heavy atom. The molecule has 35 heteroatoms. The molecule has 0 radical (unpaired) electrons. The molecule has 1 rings (SSSR count). The number of methoxy groups -OCH3 is 1. The summed E-state index contributed by atoms with van der Waals surface area (Å²) in [5, 5.41) is 12.6. The summed E-state index contributed by atoms with van der Waals surface area (Å²) in [5.41, 5.74) is 0. The van der Waals surface area contributed by atoms with Gasteiger partial charge in [-0.25, -0.2) is 13.6 Å². The Morgan fingerprint density at radius 2 is 0.672 bits per heavy atom. The lowest BCUT2D eigenvalue weighted by molar-refractivity contribution is -0.520. The van der Waals surface area contributed by atoms with Crippen molar-refractivity contribution in [2.75, 3.05) is 152 Å². The van der Waals surface area contributed by atoms with Gasteiger partial charge in [0.25, 0.3) is 0 Å². The minimum absolute atomic E-state index is 0.00410. The van der Waals surface area contributed by atoms with E-state index in [1.54, 1.807) is 7.11 Å². The van der Waals surface area contributed by atoms with Gasteiger partial charge in [0.15, 0.2) is 6.10 Å². The largest absolute Gasteiger partial charge is 0.397 e. The van der Waals surface area contributed by atoms with Crippen LogP contribution in [-0.2, 0) is 126 Å². The topological polar surface area (TPSA) is 376 Å². The van der Waals surface area contributed by atoms with E-state index < -0.39 is 100 Å². The van der Waals surface area contributed by atoms with E-state index in [0.717, 1.165) is 0 Å². The highest BCUT2D eigenvalue weighted by Gasteiger charge is 2.58. The Labute approximate surface area is 378 Å². The van der Waals surface area contributed by atoms with Crippen LogP contribution in [0, 0.1) is 0 Å². The number of rotatable bonds is 44. The third kappa shape index (κ3) is 34.5. The van der Waals surface area contributed by atoms with Gasteiger partial charge >= 0.3 is 20.8 Å². The van der Waals surface area contributed by atoms with Crippen LogP contribution in [0.4, 0.5) is 0 Å². The van der Waals surface area contributed by atoms with Crippen molar-refractivity contribution in [3.8, 4) is 0 Å². The molecule has 1 aliphatic carbocycles. The average Bonchev–Trinajstić information content (AvgIpc) is 3.21. The molecule has 0 amide bonds. The summed E-state index contributed by atoms with van der Waals surface area (Å²) in [5.74, 6) is 0. The third-order valence-electron chi connectivity index (χ3n) is 7.34. The molecule has 29 nitrogen and oxygen atoms in total. The van der Waals surface area contributed by atoms with Crippen LogP contribution in [0.25, 0.3) is 0 Å². The fourth-order valence-corrected chi connectivity index (χ4v) is 7.74. The SMILES string of the molecule is COCCOCCOCCOCCOCCOCCOCCOCCOCCOCCOCCOC1C(OS(=O)(=O)O)[C@H](OP=S(O)O)C(OOO)C(OP=S(O)O)[C@@H]1OS(=O)(=O)O. The summed E-state index contributed by atoms with van der Waals surface area (Å²) in [6, 6.07) is 0. The first-order valence-corrected chi connectivity index (χ1v) is 26.7. The predicted octanol–water partition coefficient (Wildman–Crippen LogP) is -0.185. The lowest BCUT2D eigenvalue weighted by Crippen LogP contribution is -2.67. The number of hydrogen-bond donors (Lipinski definition) is 7. The van der Waals surface area contributed by atoms with Gasteiger partial charge in [0.05, 0.1) is 145 Å². The maximum atomic E-state index is 11.8. The van der Waals surface area contributed by atoms with Crippen LogP contribution in [-0.4, -0.2) is 238 Å². The second-order valence-electron chi connectivity index (χ2n) is 11.8. The number of ether oxygens (including phenoxy) is 12. The molecule has 0 saturated heterocycles. The van der Waals surface area contributed by atoms with Gasteiger partial charge in [-0.1, -0.05) is 5.04 Å². The molecule has 0 aromatic heterocycles. The molecule has 1 aliphatic rings. The van der Waals surface area contributed by atoms with Crippen molar-refractivity contribution in [2.45, 2.75) is 36.6 Å². The van der Waals surface area contributed by atoms with Crippen LogP contribution in [0.5, 0.6) is 0 Å². The fourth-order valence-electron chi connectivity index (χ4n) is 4.85. The van der Waals surface area contributed by atoms with Crippen molar-refractivity contribution in [1.29, 1.82) is 0 Å². The summed E-state index contributed by atoms with van der Waals surface area (Å²) in [6.07, 6.45) is -12.7. The molecule has 384 valence electrons. The van der Waals surface area contributed by atoms with Crippen LogP contribution >= 0.6 is 15.2 Å². The Morgan fingerprint density at radius 3 is 0.906 bits per heavy atom. The molecule has 4 unspecified atom stereocenters. The molecule has 1 fully saturated rings. The van der Waals surface area contributed by atoms with E-state index in [0.29, 0.717) is 106 Å². The molecule has 0 aromatic rings. The van der Waals surface area contributed by atoms with Crippen molar-refractivity contribution in [3.63, 3.8) is 0 Å². The van der Waals surface area contributed by atoms with E-state index in [2.05, 4.69) is 18.3 Å². The molecular formula is C29H60O29P2S4. The summed E-state index contributed by atoms with van der Waals surface area (Å²) in [6.45, 7) is 6.72. The monoisotopic (exact) mass is 1060 g/mol. The molecule has 0 bridgehead atoms. The smallest absolute Gasteiger partial charge is 0.382 e. The van der Waals surface area contributed by atoms with Crippen LogP contribution in [0.1, 0.15) is 0 Å². The first-order chi connectivity index (χ1) is 30.7. The standard InChI is InChI=1S/C29H60O29P2S4/c1-41-2-3-42-4-5-43-6-7-44-8-9-45-10-11-46-12-13-47-14-15-48-16-17-49-18-19-50-20-21-51-22-23-52-24-28(56-63(35,36)37)26(54-59-61(31)32)25(53-58-30)27(55-60-62(33)34)29(24)57-64(38,39)40/h24-34H,2-23H2,1H3,(H,35,36,37)(H,38,39,40)/t24?,25?,26-,27?,28?,29-/m1/s1. The third-order valence-corrected chi connectivity index (χ3v) is 10.5. The van der Waals surface area contributed by atoms with Gasteiger partial charge in [-0.2, -0.15) is 21.7 Å². The zero-order valence-corrected chi connectivity index (χ0v) is 39.7. The second kappa shape index (κ2) is 40.0. The molecular weight excluding hydrogens is 1000 g/mol. The summed E-state index contributed by atoms with van der Waals surface area (Å²) in [4.78, 5) is 4.62. The van der Waals surface area contributed by atoms with E-state index in [-0.39, 0.29) is 33.0 Å². The lowest BCUT2D eigenvalue weighted by atomic mass is 9.85. The fraction of sp³-hybridized carbons (Fsp3) is 1.00. The minimum atomic E-state index is -5.47. The summed E-state index contributed by atoms with van der Waals surface area (Å²) in [7, 11) is -15.8.